The molecule has 1 aliphatic heterocycles. The van der Waals surface area contributed by atoms with E-state index in [9.17, 15) is 4.79 Å². The molecule has 1 aliphatic rings. The van der Waals surface area contributed by atoms with Crippen molar-refractivity contribution in [2.24, 2.45) is 0 Å². The molecule has 0 radical (unpaired) electrons. The Morgan fingerprint density at radius 2 is 1.73 bits per heavy atom. The molecule has 0 spiro atoms. The Hall–Kier alpha value is -2.32. The van der Waals surface area contributed by atoms with Crippen LogP contribution in [-0.2, 0) is 4.79 Å². The molecular weight excluding hydrogens is 294 g/mol. The Morgan fingerprint density at radius 3 is 2.59 bits per heavy atom. The van der Waals surface area contributed by atoms with Crippen molar-refractivity contribution in [1.82, 2.24) is 0 Å². The number of hydrogen-bond acceptors (Lipinski definition) is 1. The van der Waals surface area contributed by atoms with Crippen molar-refractivity contribution in [2.75, 3.05) is 5.32 Å². The molecule has 1 heterocycles. The summed E-state index contributed by atoms with van der Waals surface area (Å²) < 4.78 is 0. The highest BCUT2D eigenvalue weighted by Crippen LogP contribution is 2.43. The Kier molecular flexibility index (Phi) is 3.12. The van der Waals surface area contributed by atoms with Gasteiger partial charge in [0.25, 0.3) is 0 Å². The summed E-state index contributed by atoms with van der Waals surface area (Å²) in [6.07, 6.45) is 0.421. The van der Waals surface area contributed by atoms with E-state index >= 15 is 0 Å². The lowest BCUT2D eigenvalue weighted by Crippen LogP contribution is -2.23. The third kappa shape index (κ3) is 2.08. The zero-order chi connectivity index (χ0) is 15.1. The van der Waals surface area contributed by atoms with Crippen LogP contribution >= 0.6 is 11.6 Å². The lowest BCUT2D eigenvalue weighted by Gasteiger charge is -2.28. The molecule has 4 rings (SSSR count). The molecule has 1 amide bonds. The number of fused-ring (bicyclic) bond motifs is 3. The molecule has 0 bridgehead atoms. The molecule has 2 nitrogen and oxygen atoms in total. The zero-order valence-electron chi connectivity index (χ0n) is 11.8. The molecule has 0 saturated heterocycles. The van der Waals surface area contributed by atoms with Crippen molar-refractivity contribution >= 4 is 34.0 Å². The van der Waals surface area contributed by atoms with E-state index in [1.54, 1.807) is 0 Å². The molecule has 1 atom stereocenters. The fourth-order valence-electron chi connectivity index (χ4n) is 3.29. The second kappa shape index (κ2) is 5.15. The maximum atomic E-state index is 12.1. The summed E-state index contributed by atoms with van der Waals surface area (Å²) in [6.45, 7) is 0. The van der Waals surface area contributed by atoms with Crippen molar-refractivity contribution in [3.8, 4) is 0 Å². The standard InChI is InChI=1S/C19H14ClNO/c20-16-8-4-3-7-14(16)15-11-18(22)21-17-10-9-12-5-1-2-6-13(12)19(15)17/h1-10,15H,11H2,(H,21,22)/t15-/m1/s1. The molecule has 0 fully saturated rings. The highest BCUT2D eigenvalue weighted by atomic mass is 35.5. The molecule has 0 saturated carbocycles. The first-order chi connectivity index (χ1) is 10.7. The lowest BCUT2D eigenvalue weighted by molar-refractivity contribution is -0.116. The first-order valence-corrected chi connectivity index (χ1v) is 7.68. The predicted molar refractivity (Wildman–Crippen MR) is 90.5 cm³/mol. The smallest absolute Gasteiger partial charge is 0.225 e. The van der Waals surface area contributed by atoms with Crippen LogP contribution in [0.3, 0.4) is 0 Å². The number of carbonyl (C=O) groups excluding carboxylic acids is 1. The van der Waals surface area contributed by atoms with Crippen LogP contribution in [0.5, 0.6) is 0 Å². The Labute approximate surface area is 133 Å². The average Bonchev–Trinajstić information content (AvgIpc) is 2.54. The van der Waals surface area contributed by atoms with Crippen molar-refractivity contribution in [3.05, 3.63) is 76.8 Å². The molecule has 22 heavy (non-hydrogen) atoms. The van der Waals surface area contributed by atoms with E-state index in [1.165, 1.54) is 10.8 Å². The van der Waals surface area contributed by atoms with Gasteiger partial charge < -0.3 is 5.32 Å². The minimum atomic E-state index is -0.0106. The maximum Gasteiger partial charge on any atom is 0.225 e. The molecule has 3 aromatic carbocycles. The van der Waals surface area contributed by atoms with Crippen LogP contribution in [0.15, 0.2) is 60.7 Å². The lowest BCUT2D eigenvalue weighted by atomic mass is 9.82. The number of nitrogens with one attached hydrogen (secondary N) is 1. The van der Waals surface area contributed by atoms with Crippen LogP contribution in [0, 0.1) is 0 Å². The number of hydrogen-bond donors (Lipinski definition) is 1. The largest absolute Gasteiger partial charge is 0.326 e. The van der Waals surface area contributed by atoms with Crippen LogP contribution in [-0.4, -0.2) is 5.91 Å². The van der Waals surface area contributed by atoms with E-state index in [0.29, 0.717) is 11.4 Å². The molecule has 0 aromatic heterocycles. The van der Waals surface area contributed by atoms with Gasteiger partial charge in [0, 0.05) is 23.0 Å². The minimum Gasteiger partial charge on any atom is -0.326 e. The van der Waals surface area contributed by atoms with Crippen molar-refractivity contribution in [3.63, 3.8) is 0 Å². The van der Waals surface area contributed by atoms with Gasteiger partial charge in [0.2, 0.25) is 5.91 Å². The third-order valence-corrected chi connectivity index (χ3v) is 4.61. The van der Waals surface area contributed by atoms with Crippen molar-refractivity contribution in [1.29, 1.82) is 0 Å². The first-order valence-electron chi connectivity index (χ1n) is 7.30. The van der Waals surface area contributed by atoms with E-state index in [4.69, 9.17) is 11.6 Å². The average molecular weight is 308 g/mol. The molecule has 0 aliphatic carbocycles. The predicted octanol–water partition coefficient (Wildman–Crippen LogP) is 4.97. The Morgan fingerprint density at radius 1 is 0.955 bits per heavy atom. The number of amides is 1. The van der Waals surface area contributed by atoms with Gasteiger partial charge in [-0.2, -0.15) is 0 Å². The summed E-state index contributed by atoms with van der Waals surface area (Å²) in [6, 6.07) is 20.1. The fourth-order valence-corrected chi connectivity index (χ4v) is 3.56. The normalized spacial score (nSPS) is 17.1. The highest BCUT2D eigenvalue weighted by molar-refractivity contribution is 6.31. The van der Waals surface area contributed by atoms with Crippen molar-refractivity contribution in [2.45, 2.75) is 12.3 Å². The summed E-state index contributed by atoms with van der Waals surface area (Å²) in [4.78, 5) is 12.1. The summed E-state index contributed by atoms with van der Waals surface area (Å²) in [7, 11) is 0. The summed E-state index contributed by atoms with van der Waals surface area (Å²) in [5.74, 6) is 0.0243. The number of halogens is 1. The monoisotopic (exact) mass is 307 g/mol. The number of rotatable bonds is 1. The SMILES string of the molecule is O=C1C[C@H](c2ccccc2Cl)c2c(ccc3ccccc23)N1. The molecule has 3 heteroatoms. The van der Waals surface area contributed by atoms with Crippen LogP contribution < -0.4 is 5.32 Å². The van der Waals surface area contributed by atoms with Gasteiger partial charge in [0.05, 0.1) is 0 Å². The number of anilines is 1. The first kappa shape index (κ1) is 13.4. The molecular formula is C19H14ClNO. The van der Waals surface area contributed by atoms with Crippen LogP contribution in [0.25, 0.3) is 10.8 Å². The van der Waals surface area contributed by atoms with Gasteiger partial charge >= 0.3 is 0 Å². The van der Waals surface area contributed by atoms with Gasteiger partial charge in [-0.3, -0.25) is 4.79 Å². The summed E-state index contributed by atoms with van der Waals surface area (Å²) in [5.41, 5.74) is 3.06. The van der Waals surface area contributed by atoms with Gasteiger partial charge in [0.15, 0.2) is 0 Å². The fraction of sp³-hybridized carbons (Fsp3) is 0.105. The number of benzene rings is 3. The highest BCUT2D eigenvalue weighted by Gasteiger charge is 2.29. The topological polar surface area (TPSA) is 29.1 Å². The van der Waals surface area contributed by atoms with E-state index in [-0.39, 0.29) is 11.8 Å². The Bertz CT molecular complexity index is 887. The zero-order valence-corrected chi connectivity index (χ0v) is 12.6. The van der Waals surface area contributed by atoms with E-state index in [2.05, 4.69) is 17.4 Å². The van der Waals surface area contributed by atoms with Crippen molar-refractivity contribution < 1.29 is 4.79 Å². The molecule has 1 N–H and O–H groups in total. The quantitative estimate of drug-likeness (QED) is 0.676. The minimum absolute atomic E-state index is 0.0106. The second-order valence-corrected chi connectivity index (χ2v) is 5.98. The molecule has 3 aromatic rings. The van der Waals surface area contributed by atoms with Crippen LogP contribution in [0.1, 0.15) is 23.5 Å². The van der Waals surface area contributed by atoms with E-state index < -0.39 is 0 Å². The van der Waals surface area contributed by atoms with Crippen LogP contribution in [0.4, 0.5) is 5.69 Å². The maximum absolute atomic E-state index is 12.1. The summed E-state index contributed by atoms with van der Waals surface area (Å²) in [5, 5.41) is 6.05. The van der Waals surface area contributed by atoms with Gasteiger partial charge in [-0.05, 0) is 34.0 Å². The van der Waals surface area contributed by atoms with Gasteiger partial charge in [0.1, 0.15) is 0 Å². The number of carbonyl (C=O) groups is 1. The van der Waals surface area contributed by atoms with E-state index in [0.717, 1.165) is 16.8 Å². The Balaban J connectivity index is 2.02. The van der Waals surface area contributed by atoms with Gasteiger partial charge in [-0.1, -0.05) is 60.1 Å². The van der Waals surface area contributed by atoms with Crippen LogP contribution in [0.2, 0.25) is 5.02 Å². The van der Waals surface area contributed by atoms with Gasteiger partial charge in [-0.25, -0.2) is 0 Å². The third-order valence-electron chi connectivity index (χ3n) is 4.26. The summed E-state index contributed by atoms with van der Waals surface area (Å²) >= 11 is 6.39. The molecule has 108 valence electrons. The molecule has 0 unspecified atom stereocenters. The van der Waals surface area contributed by atoms with E-state index in [1.807, 2.05) is 48.5 Å². The van der Waals surface area contributed by atoms with Gasteiger partial charge in [-0.15, -0.1) is 0 Å². The second-order valence-electron chi connectivity index (χ2n) is 5.57.